The average Bonchev–Trinajstić information content (AvgIpc) is 2.65. The number of piperidine rings is 1. The third-order valence-corrected chi connectivity index (χ3v) is 4.09. The minimum Gasteiger partial charge on any atom is -0.466 e. The maximum Gasteiger partial charge on any atom is 0.257 e. The molecule has 4 heteroatoms. The van der Waals surface area contributed by atoms with Crippen molar-refractivity contribution in [1.29, 1.82) is 0 Å². The summed E-state index contributed by atoms with van der Waals surface area (Å²) < 4.78 is 5.59. The van der Waals surface area contributed by atoms with Crippen molar-refractivity contribution in [2.75, 3.05) is 19.6 Å². The van der Waals surface area contributed by atoms with E-state index in [1.54, 1.807) is 0 Å². The lowest BCUT2D eigenvalue weighted by molar-refractivity contribution is 0.0659. The van der Waals surface area contributed by atoms with Gasteiger partial charge < -0.3 is 14.6 Å². The molecule has 1 aliphatic rings. The van der Waals surface area contributed by atoms with E-state index >= 15 is 0 Å². The van der Waals surface area contributed by atoms with Crippen molar-refractivity contribution in [3.05, 3.63) is 22.6 Å². The third-order valence-electron chi connectivity index (χ3n) is 4.09. The molecule has 1 N–H and O–H groups in total. The van der Waals surface area contributed by atoms with Crippen LogP contribution in [-0.2, 0) is 0 Å². The number of hydrogen-bond acceptors (Lipinski definition) is 3. The van der Waals surface area contributed by atoms with Gasteiger partial charge in [0.05, 0.1) is 5.56 Å². The second-order valence-electron chi connectivity index (χ2n) is 5.31. The van der Waals surface area contributed by atoms with Gasteiger partial charge in [0, 0.05) is 24.7 Å². The van der Waals surface area contributed by atoms with Crippen molar-refractivity contribution in [2.45, 2.75) is 46.6 Å². The number of carbonyl (C=O) groups is 1. The van der Waals surface area contributed by atoms with Crippen molar-refractivity contribution in [1.82, 2.24) is 10.2 Å². The van der Waals surface area contributed by atoms with Gasteiger partial charge in [-0.05, 0) is 47.1 Å². The quantitative estimate of drug-likeness (QED) is 0.912. The van der Waals surface area contributed by atoms with Crippen LogP contribution in [0.2, 0.25) is 0 Å². The van der Waals surface area contributed by atoms with E-state index in [-0.39, 0.29) is 5.91 Å². The van der Waals surface area contributed by atoms with Crippen LogP contribution in [0, 0.1) is 20.8 Å². The molecule has 1 fully saturated rings. The highest BCUT2D eigenvalue weighted by atomic mass is 16.3. The molecule has 0 aliphatic carbocycles. The Hall–Kier alpha value is -1.29. The van der Waals surface area contributed by atoms with E-state index in [9.17, 15) is 4.79 Å². The minimum atomic E-state index is 0.114. The van der Waals surface area contributed by atoms with Crippen LogP contribution in [-0.4, -0.2) is 36.5 Å². The van der Waals surface area contributed by atoms with Gasteiger partial charge in [-0.25, -0.2) is 0 Å². The maximum atomic E-state index is 12.8. The fourth-order valence-electron chi connectivity index (χ4n) is 2.92. The van der Waals surface area contributed by atoms with E-state index in [0.29, 0.717) is 6.04 Å². The molecule has 106 valence electrons. The second-order valence-corrected chi connectivity index (χ2v) is 5.31. The largest absolute Gasteiger partial charge is 0.466 e. The highest BCUT2D eigenvalue weighted by Crippen LogP contribution is 2.24. The summed E-state index contributed by atoms with van der Waals surface area (Å²) in [5, 5.41) is 3.37. The van der Waals surface area contributed by atoms with Crippen LogP contribution < -0.4 is 5.32 Å². The molecule has 0 aromatic carbocycles. The molecule has 0 radical (unpaired) electrons. The predicted molar refractivity (Wildman–Crippen MR) is 75.5 cm³/mol. The van der Waals surface area contributed by atoms with Gasteiger partial charge in [0.15, 0.2) is 0 Å². The highest BCUT2D eigenvalue weighted by Gasteiger charge is 2.28. The Morgan fingerprint density at radius 3 is 2.58 bits per heavy atom. The summed E-state index contributed by atoms with van der Waals surface area (Å²) in [5.41, 5.74) is 1.73. The molecule has 1 saturated heterocycles. The van der Waals surface area contributed by atoms with E-state index in [2.05, 4.69) is 5.32 Å². The van der Waals surface area contributed by atoms with Crippen LogP contribution in [0.1, 0.15) is 47.2 Å². The van der Waals surface area contributed by atoms with Crippen molar-refractivity contribution in [3.8, 4) is 0 Å². The Morgan fingerprint density at radius 1 is 1.37 bits per heavy atom. The molecule has 19 heavy (non-hydrogen) atoms. The SMILES string of the molecule is CCN(C(=O)c1c(C)oc(C)c1C)C1CCCNC1. The molecule has 1 unspecified atom stereocenters. The molecule has 1 amide bonds. The van der Waals surface area contributed by atoms with E-state index in [4.69, 9.17) is 4.42 Å². The van der Waals surface area contributed by atoms with Gasteiger partial charge in [0.25, 0.3) is 5.91 Å². The Morgan fingerprint density at radius 2 is 2.11 bits per heavy atom. The van der Waals surface area contributed by atoms with Gasteiger partial charge in [0.2, 0.25) is 0 Å². The number of furan rings is 1. The van der Waals surface area contributed by atoms with Crippen molar-refractivity contribution in [2.24, 2.45) is 0 Å². The van der Waals surface area contributed by atoms with Gasteiger partial charge in [-0.2, -0.15) is 0 Å². The molecular formula is C15H24N2O2. The summed E-state index contributed by atoms with van der Waals surface area (Å²) in [6, 6.07) is 0.306. The molecule has 1 aromatic heterocycles. The van der Waals surface area contributed by atoms with E-state index in [1.807, 2.05) is 32.6 Å². The maximum absolute atomic E-state index is 12.8. The van der Waals surface area contributed by atoms with E-state index in [0.717, 1.165) is 55.1 Å². The molecule has 4 nitrogen and oxygen atoms in total. The molecule has 1 aliphatic heterocycles. The van der Waals surface area contributed by atoms with Crippen LogP contribution in [0.25, 0.3) is 0 Å². The number of aryl methyl sites for hydroxylation is 2. The van der Waals surface area contributed by atoms with Crippen molar-refractivity contribution < 1.29 is 9.21 Å². The summed E-state index contributed by atoms with van der Waals surface area (Å²) >= 11 is 0. The number of nitrogens with one attached hydrogen (secondary N) is 1. The van der Waals surface area contributed by atoms with Gasteiger partial charge in [0.1, 0.15) is 11.5 Å². The van der Waals surface area contributed by atoms with Gasteiger partial charge in [-0.1, -0.05) is 0 Å². The molecule has 2 rings (SSSR count). The van der Waals surface area contributed by atoms with Crippen LogP contribution in [0.5, 0.6) is 0 Å². The van der Waals surface area contributed by atoms with Crippen LogP contribution in [0.3, 0.4) is 0 Å². The standard InChI is InChI=1S/C15H24N2O2/c1-5-17(13-7-6-8-16-9-13)15(18)14-10(2)11(3)19-12(14)4/h13,16H,5-9H2,1-4H3. The molecule has 2 heterocycles. The number of carbonyl (C=O) groups excluding carboxylic acids is 1. The van der Waals surface area contributed by atoms with E-state index in [1.165, 1.54) is 0 Å². The molecule has 1 aromatic rings. The summed E-state index contributed by atoms with van der Waals surface area (Å²) in [7, 11) is 0. The topological polar surface area (TPSA) is 45.5 Å². The van der Waals surface area contributed by atoms with Crippen LogP contribution in [0.15, 0.2) is 4.42 Å². The third kappa shape index (κ3) is 2.68. The first-order valence-corrected chi connectivity index (χ1v) is 7.14. The van der Waals surface area contributed by atoms with E-state index < -0.39 is 0 Å². The Balaban J connectivity index is 2.24. The lowest BCUT2D eigenvalue weighted by atomic mass is 10.0. The summed E-state index contributed by atoms with van der Waals surface area (Å²) in [4.78, 5) is 14.8. The van der Waals surface area contributed by atoms with Crippen molar-refractivity contribution >= 4 is 5.91 Å². The number of amides is 1. The predicted octanol–water partition coefficient (Wildman–Crippen LogP) is 2.42. The summed E-state index contributed by atoms with van der Waals surface area (Å²) in [6.07, 6.45) is 2.22. The Bertz CT molecular complexity index is 459. The zero-order valence-corrected chi connectivity index (χ0v) is 12.4. The van der Waals surface area contributed by atoms with Crippen LogP contribution >= 0.6 is 0 Å². The smallest absolute Gasteiger partial charge is 0.257 e. The van der Waals surface area contributed by atoms with Gasteiger partial charge in [-0.15, -0.1) is 0 Å². The molecular weight excluding hydrogens is 240 g/mol. The first-order chi connectivity index (χ1) is 9.06. The Kier molecular flexibility index (Phi) is 4.30. The molecule has 0 spiro atoms. The van der Waals surface area contributed by atoms with Crippen molar-refractivity contribution in [3.63, 3.8) is 0 Å². The zero-order chi connectivity index (χ0) is 14.0. The highest BCUT2D eigenvalue weighted by molar-refractivity contribution is 5.97. The second kappa shape index (κ2) is 5.78. The summed E-state index contributed by atoms with van der Waals surface area (Å²) in [5.74, 6) is 1.70. The van der Waals surface area contributed by atoms with Crippen LogP contribution in [0.4, 0.5) is 0 Å². The van der Waals surface area contributed by atoms with Gasteiger partial charge >= 0.3 is 0 Å². The molecule has 0 saturated carbocycles. The fourth-order valence-corrected chi connectivity index (χ4v) is 2.92. The zero-order valence-electron chi connectivity index (χ0n) is 12.4. The minimum absolute atomic E-state index is 0.114. The lowest BCUT2D eigenvalue weighted by Gasteiger charge is -2.34. The average molecular weight is 264 g/mol. The number of hydrogen-bond donors (Lipinski definition) is 1. The normalized spacial score (nSPS) is 19.5. The first-order valence-electron chi connectivity index (χ1n) is 7.14. The Labute approximate surface area is 115 Å². The summed E-state index contributed by atoms with van der Waals surface area (Å²) in [6.45, 7) is 10.5. The number of likely N-dealkylation sites (N-methyl/N-ethyl adjacent to an activating group) is 1. The molecule has 1 atom stereocenters. The van der Waals surface area contributed by atoms with Gasteiger partial charge in [-0.3, -0.25) is 4.79 Å². The monoisotopic (exact) mass is 264 g/mol. The molecule has 0 bridgehead atoms. The fraction of sp³-hybridized carbons (Fsp3) is 0.667. The first kappa shape index (κ1) is 14.1. The lowest BCUT2D eigenvalue weighted by Crippen LogP contribution is -2.48. The number of nitrogens with zero attached hydrogens (tertiary/aromatic N) is 1. The number of rotatable bonds is 3.